The van der Waals surface area contributed by atoms with Crippen LogP contribution in [-0.2, 0) is 13.6 Å². The Balaban J connectivity index is 2.05. The summed E-state index contributed by atoms with van der Waals surface area (Å²) >= 11 is 3.24. The molecule has 8 heteroatoms. The summed E-state index contributed by atoms with van der Waals surface area (Å²) in [7, 11) is 1.76. The van der Waals surface area contributed by atoms with E-state index < -0.39 is 0 Å². The molecule has 0 aliphatic rings. The summed E-state index contributed by atoms with van der Waals surface area (Å²) in [5.74, 6) is 0.408. The number of nitrogens with one attached hydrogen (secondary N) is 1. The molecule has 94 valence electrons. The van der Waals surface area contributed by atoms with Crippen molar-refractivity contribution < 1.29 is 4.79 Å². The van der Waals surface area contributed by atoms with Crippen molar-refractivity contribution in [2.75, 3.05) is 5.73 Å². The van der Waals surface area contributed by atoms with Gasteiger partial charge in [-0.05, 0) is 22.0 Å². The van der Waals surface area contributed by atoms with Crippen LogP contribution in [0.15, 0.2) is 23.1 Å². The zero-order chi connectivity index (χ0) is 13.1. The fourth-order valence-corrected chi connectivity index (χ4v) is 1.68. The van der Waals surface area contributed by atoms with Crippen LogP contribution in [0.1, 0.15) is 16.2 Å². The van der Waals surface area contributed by atoms with E-state index in [0.717, 1.165) is 0 Å². The van der Waals surface area contributed by atoms with Crippen molar-refractivity contribution in [1.82, 2.24) is 25.1 Å². The van der Waals surface area contributed by atoms with Crippen LogP contribution in [0.25, 0.3) is 0 Å². The van der Waals surface area contributed by atoms with Gasteiger partial charge in [0, 0.05) is 17.7 Å². The molecular weight excluding hydrogens is 300 g/mol. The number of nitrogens with zero attached hydrogens (tertiary/aromatic N) is 4. The zero-order valence-corrected chi connectivity index (χ0v) is 11.2. The maximum atomic E-state index is 11.9. The Morgan fingerprint density at radius 1 is 1.56 bits per heavy atom. The average molecular weight is 311 g/mol. The second kappa shape index (κ2) is 5.13. The summed E-state index contributed by atoms with van der Waals surface area (Å²) in [5, 5.41) is 6.73. The van der Waals surface area contributed by atoms with Gasteiger partial charge in [-0.15, -0.1) is 0 Å². The molecule has 0 fully saturated rings. The van der Waals surface area contributed by atoms with Crippen LogP contribution >= 0.6 is 15.9 Å². The molecule has 0 aliphatic heterocycles. The fourth-order valence-electron chi connectivity index (χ4n) is 1.35. The van der Waals surface area contributed by atoms with Crippen LogP contribution in [0.3, 0.4) is 0 Å². The number of pyridine rings is 1. The number of anilines is 1. The lowest BCUT2D eigenvalue weighted by molar-refractivity contribution is 0.0950. The Morgan fingerprint density at radius 2 is 2.33 bits per heavy atom. The summed E-state index contributed by atoms with van der Waals surface area (Å²) in [6.07, 6.45) is 3.10. The number of carbonyl (C=O) groups excluding carboxylic acids is 1. The molecule has 0 aromatic carbocycles. The number of nitrogens with two attached hydrogens (primary N) is 1. The quantitative estimate of drug-likeness (QED) is 0.859. The Hall–Kier alpha value is -1.96. The summed E-state index contributed by atoms with van der Waals surface area (Å²) in [5.41, 5.74) is 5.96. The molecule has 7 nitrogen and oxygen atoms in total. The molecule has 0 saturated heterocycles. The van der Waals surface area contributed by atoms with E-state index in [1.165, 1.54) is 6.20 Å². The number of nitrogen functional groups attached to an aromatic ring is 1. The molecule has 0 radical (unpaired) electrons. The van der Waals surface area contributed by atoms with Crippen molar-refractivity contribution in [3.05, 3.63) is 34.5 Å². The largest absolute Gasteiger partial charge is 0.383 e. The number of hydrogen-bond acceptors (Lipinski definition) is 5. The first kappa shape index (κ1) is 12.5. The summed E-state index contributed by atoms with van der Waals surface area (Å²) < 4.78 is 2.26. The van der Waals surface area contributed by atoms with Crippen LogP contribution in [-0.4, -0.2) is 25.7 Å². The van der Waals surface area contributed by atoms with Gasteiger partial charge in [-0.2, -0.15) is 5.10 Å². The third-order valence-corrected chi connectivity index (χ3v) is 2.62. The second-order valence-electron chi connectivity index (χ2n) is 3.60. The lowest BCUT2D eigenvalue weighted by Crippen LogP contribution is -2.24. The van der Waals surface area contributed by atoms with E-state index in [0.29, 0.717) is 15.9 Å². The van der Waals surface area contributed by atoms with Gasteiger partial charge in [0.1, 0.15) is 12.1 Å². The minimum atomic E-state index is -0.311. The zero-order valence-electron chi connectivity index (χ0n) is 9.59. The predicted octanol–water partition coefficient (Wildman–Crippen LogP) is 0.485. The van der Waals surface area contributed by atoms with Crippen molar-refractivity contribution >= 4 is 27.7 Å². The number of aromatic nitrogens is 4. The van der Waals surface area contributed by atoms with Crippen molar-refractivity contribution in [3.63, 3.8) is 0 Å². The van der Waals surface area contributed by atoms with E-state index in [4.69, 9.17) is 5.73 Å². The first-order valence-corrected chi connectivity index (χ1v) is 5.89. The minimum Gasteiger partial charge on any atom is -0.383 e. The molecule has 0 atom stereocenters. The standard InChI is InChI=1S/C10H11BrN6O/c1-17-5-15-8(16-17)4-14-10(18)7-2-6(11)3-13-9(7)12/h2-3,5H,4H2,1H3,(H2,12,13)(H,14,18). The number of halogens is 1. The van der Waals surface area contributed by atoms with Gasteiger partial charge >= 0.3 is 0 Å². The van der Waals surface area contributed by atoms with Crippen molar-refractivity contribution in [1.29, 1.82) is 0 Å². The number of aryl methyl sites for hydroxylation is 1. The fraction of sp³-hybridized carbons (Fsp3) is 0.200. The SMILES string of the molecule is Cn1cnc(CNC(=O)c2cc(Br)cnc2N)n1. The van der Waals surface area contributed by atoms with Crippen molar-refractivity contribution in [3.8, 4) is 0 Å². The Bertz CT molecular complexity index is 581. The number of rotatable bonds is 3. The topological polar surface area (TPSA) is 98.7 Å². The molecule has 0 aliphatic carbocycles. The summed E-state index contributed by atoms with van der Waals surface area (Å²) in [6.45, 7) is 0.242. The highest BCUT2D eigenvalue weighted by molar-refractivity contribution is 9.10. The van der Waals surface area contributed by atoms with E-state index in [9.17, 15) is 4.79 Å². The van der Waals surface area contributed by atoms with Gasteiger partial charge in [-0.3, -0.25) is 9.48 Å². The van der Waals surface area contributed by atoms with E-state index in [-0.39, 0.29) is 18.3 Å². The van der Waals surface area contributed by atoms with Gasteiger partial charge in [-0.1, -0.05) is 0 Å². The average Bonchev–Trinajstić information content (AvgIpc) is 2.75. The number of hydrogen-bond donors (Lipinski definition) is 2. The maximum Gasteiger partial charge on any atom is 0.255 e. The molecule has 0 bridgehead atoms. The predicted molar refractivity (Wildman–Crippen MR) is 68.5 cm³/mol. The molecule has 18 heavy (non-hydrogen) atoms. The van der Waals surface area contributed by atoms with Gasteiger partial charge in [0.15, 0.2) is 5.82 Å². The van der Waals surface area contributed by atoms with Gasteiger partial charge in [-0.25, -0.2) is 9.97 Å². The van der Waals surface area contributed by atoms with Crippen LogP contribution in [0, 0.1) is 0 Å². The third kappa shape index (κ3) is 2.83. The highest BCUT2D eigenvalue weighted by Crippen LogP contribution is 2.15. The monoisotopic (exact) mass is 310 g/mol. The van der Waals surface area contributed by atoms with Crippen molar-refractivity contribution in [2.45, 2.75) is 6.54 Å². The molecule has 3 N–H and O–H groups in total. The Morgan fingerprint density at radius 3 is 3.00 bits per heavy atom. The smallest absolute Gasteiger partial charge is 0.255 e. The van der Waals surface area contributed by atoms with Gasteiger partial charge in [0.05, 0.1) is 12.1 Å². The van der Waals surface area contributed by atoms with Crippen LogP contribution in [0.5, 0.6) is 0 Å². The Labute approximate surface area is 112 Å². The second-order valence-corrected chi connectivity index (χ2v) is 4.52. The molecule has 2 aromatic rings. The minimum absolute atomic E-state index is 0.185. The lowest BCUT2D eigenvalue weighted by atomic mass is 10.2. The van der Waals surface area contributed by atoms with Crippen LogP contribution in [0.4, 0.5) is 5.82 Å². The van der Waals surface area contributed by atoms with Crippen molar-refractivity contribution in [2.24, 2.45) is 7.05 Å². The van der Waals surface area contributed by atoms with Gasteiger partial charge < -0.3 is 11.1 Å². The molecule has 2 rings (SSSR count). The highest BCUT2D eigenvalue weighted by atomic mass is 79.9. The number of amides is 1. The van der Waals surface area contributed by atoms with Crippen LogP contribution < -0.4 is 11.1 Å². The molecule has 1 amide bonds. The van der Waals surface area contributed by atoms with E-state index >= 15 is 0 Å². The molecule has 0 saturated carbocycles. The molecule has 2 heterocycles. The first-order valence-electron chi connectivity index (χ1n) is 5.10. The Kier molecular flexibility index (Phi) is 3.56. The summed E-state index contributed by atoms with van der Waals surface area (Å²) in [6, 6.07) is 1.61. The lowest BCUT2D eigenvalue weighted by Gasteiger charge is -2.05. The number of carbonyl (C=O) groups is 1. The van der Waals surface area contributed by atoms with E-state index in [2.05, 4.69) is 36.3 Å². The first-order chi connectivity index (χ1) is 8.56. The van der Waals surface area contributed by atoms with Crippen LogP contribution in [0.2, 0.25) is 0 Å². The molecule has 0 unspecified atom stereocenters. The third-order valence-electron chi connectivity index (χ3n) is 2.18. The molecule has 2 aromatic heterocycles. The molecule has 0 spiro atoms. The maximum absolute atomic E-state index is 11.9. The molecular formula is C10H11BrN6O. The summed E-state index contributed by atoms with van der Waals surface area (Å²) in [4.78, 5) is 19.8. The normalized spacial score (nSPS) is 10.3. The van der Waals surface area contributed by atoms with Gasteiger partial charge in [0.2, 0.25) is 0 Å². The van der Waals surface area contributed by atoms with Gasteiger partial charge in [0.25, 0.3) is 5.91 Å². The van der Waals surface area contributed by atoms with E-state index in [1.807, 2.05) is 0 Å². The van der Waals surface area contributed by atoms with E-state index in [1.54, 1.807) is 24.1 Å². The highest BCUT2D eigenvalue weighted by Gasteiger charge is 2.11.